The molecule has 0 aromatic heterocycles. The van der Waals surface area contributed by atoms with Gasteiger partial charge in [-0.3, -0.25) is 0 Å². The third-order valence-electron chi connectivity index (χ3n) is 1.74. The number of aliphatic hydroxyl groups is 2. The highest BCUT2D eigenvalue weighted by atomic mass is 16.5. The molecule has 9 heavy (non-hydrogen) atoms. The molecule has 0 aliphatic carbocycles. The largest absolute Gasteiger partial charge is 0.388 e. The summed E-state index contributed by atoms with van der Waals surface area (Å²) in [5, 5.41) is 18.1. The van der Waals surface area contributed by atoms with Crippen molar-refractivity contribution in [2.45, 2.75) is 38.3 Å². The summed E-state index contributed by atoms with van der Waals surface area (Å²) in [7, 11) is 0. The summed E-state index contributed by atoms with van der Waals surface area (Å²) in [5.41, 5.74) is 0. The van der Waals surface area contributed by atoms with Crippen LogP contribution in [0.1, 0.15) is 13.8 Å². The van der Waals surface area contributed by atoms with Crippen LogP contribution in [0.25, 0.3) is 0 Å². The molecule has 0 bridgehead atoms. The molecule has 1 heterocycles. The molecule has 4 atom stereocenters. The van der Waals surface area contributed by atoms with Crippen LogP contribution in [0.15, 0.2) is 0 Å². The lowest BCUT2D eigenvalue weighted by Gasteiger charge is -2.08. The van der Waals surface area contributed by atoms with Crippen LogP contribution in [-0.2, 0) is 4.74 Å². The number of ether oxygens (including phenoxy) is 1. The van der Waals surface area contributed by atoms with Crippen molar-refractivity contribution in [3.05, 3.63) is 0 Å². The van der Waals surface area contributed by atoms with Crippen molar-refractivity contribution in [1.82, 2.24) is 0 Å². The Hall–Kier alpha value is -0.120. The predicted molar refractivity (Wildman–Crippen MR) is 32.0 cm³/mol. The minimum absolute atomic E-state index is 0.227. The lowest BCUT2D eigenvalue weighted by atomic mass is 10.1. The molecule has 0 saturated carbocycles. The first-order valence-corrected chi connectivity index (χ1v) is 3.14. The Kier molecular flexibility index (Phi) is 1.75. The molecule has 0 amide bonds. The van der Waals surface area contributed by atoms with Crippen LogP contribution in [0.3, 0.4) is 0 Å². The van der Waals surface area contributed by atoms with E-state index in [1.165, 1.54) is 0 Å². The van der Waals surface area contributed by atoms with Gasteiger partial charge >= 0.3 is 0 Å². The maximum Gasteiger partial charge on any atom is 0.108 e. The number of aliphatic hydroxyl groups excluding tert-OH is 2. The molecule has 54 valence electrons. The quantitative estimate of drug-likeness (QED) is 0.468. The average Bonchev–Trinajstić information content (AvgIpc) is 1.98. The summed E-state index contributed by atoms with van der Waals surface area (Å²) in [6, 6.07) is 0. The highest BCUT2D eigenvalue weighted by Crippen LogP contribution is 2.19. The Bertz CT molecular complexity index is 92.5. The van der Waals surface area contributed by atoms with Crippen molar-refractivity contribution in [2.75, 3.05) is 0 Å². The van der Waals surface area contributed by atoms with Crippen molar-refractivity contribution in [3.63, 3.8) is 0 Å². The summed E-state index contributed by atoms with van der Waals surface area (Å²) in [6.45, 7) is 3.49. The Labute approximate surface area is 54.3 Å². The van der Waals surface area contributed by atoms with Gasteiger partial charge in [-0.05, 0) is 13.8 Å². The van der Waals surface area contributed by atoms with Gasteiger partial charge in [-0.15, -0.1) is 0 Å². The molecule has 3 nitrogen and oxygen atoms in total. The minimum atomic E-state index is -0.708. The first-order valence-electron chi connectivity index (χ1n) is 3.14. The van der Waals surface area contributed by atoms with Crippen molar-refractivity contribution < 1.29 is 14.9 Å². The fourth-order valence-electron chi connectivity index (χ4n) is 1.05. The number of hydrogen-bond donors (Lipinski definition) is 2. The predicted octanol–water partition coefficient (Wildman–Crippen LogP) is -0.485. The Balaban J connectivity index is 2.54. The number of hydrogen-bond acceptors (Lipinski definition) is 3. The second-order valence-corrected chi connectivity index (χ2v) is 2.53. The summed E-state index contributed by atoms with van der Waals surface area (Å²) < 4.78 is 5.09. The van der Waals surface area contributed by atoms with E-state index in [9.17, 15) is 0 Å². The molecule has 1 rings (SSSR count). The van der Waals surface area contributed by atoms with Gasteiger partial charge in [0.05, 0.1) is 12.2 Å². The fourth-order valence-corrected chi connectivity index (χ4v) is 1.05. The summed E-state index contributed by atoms with van der Waals surface area (Å²) in [6.07, 6.45) is -1.87. The standard InChI is InChI=1S/C6H12O3/c1-3-5(7)6(8)4(2)9-3/h3-8H,1-2H3/t3-,4-,5-,6+/m0/s1. The molecule has 2 N–H and O–H groups in total. The second-order valence-electron chi connectivity index (χ2n) is 2.53. The molecular weight excluding hydrogens is 120 g/mol. The van der Waals surface area contributed by atoms with Crippen molar-refractivity contribution in [2.24, 2.45) is 0 Å². The minimum Gasteiger partial charge on any atom is -0.388 e. The highest BCUT2D eigenvalue weighted by Gasteiger charge is 2.36. The van der Waals surface area contributed by atoms with Gasteiger partial charge in [0.2, 0.25) is 0 Å². The van der Waals surface area contributed by atoms with E-state index in [1.807, 2.05) is 0 Å². The normalized spacial score (nSPS) is 52.0. The first-order chi connectivity index (χ1) is 4.13. The summed E-state index contributed by atoms with van der Waals surface area (Å²) >= 11 is 0. The van der Waals surface area contributed by atoms with E-state index in [0.29, 0.717) is 0 Å². The third-order valence-corrected chi connectivity index (χ3v) is 1.74. The molecule has 0 spiro atoms. The van der Waals surface area contributed by atoms with Gasteiger partial charge in [-0.1, -0.05) is 0 Å². The van der Waals surface area contributed by atoms with Gasteiger partial charge in [0, 0.05) is 0 Å². The van der Waals surface area contributed by atoms with Crippen LogP contribution in [0.4, 0.5) is 0 Å². The Morgan fingerprint density at radius 2 is 1.33 bits per heavy atom. The maximum atomic E-state index is 9.06. The second kappa shape index (κ2) is 2.25. The van der Waals surface area contributed by atoms with E-state index in [0.717, 1.165) is 0 Å². The van der Waals surface area contributed by atoms with Crippen LogP contribution in [-0.4, -0.2) is 34.6 Å². The molecule has 0 unspecified atom stereocenters. The van der Waals surface area contributed by atoms with Gasteiger partial charge in [0.15, 0.2) is 0 Å². The molecule has 1 aliphatic heterocycles. The van der Waals surface area contributed by atoms with E-state index in [4.69, 9.17) is 14.9 Å². The first kappa shape index (κ1) is 6.99. The van der Waals surface area contributed by atoms with Gasteiger partial charge in [0.1, 0.15) is 12.2 Å². The summed E-state index contributed by atoms with van der Waals surface area (Å²) in [5.74, 6) is 0. The smallest absolute Gasteiger partial charge is 0.108 e. The molecule has 0 aromatic carbocycles. The molecule has 0 radical (unpaired) electrons. The Morgan fingerprint density at radius 1 is 1.00 bits per heavy atom. The van der Waals surface area contributed by atoms with E-state index in [-0.39, 0.29) is 12.2 Å². The Morgan fingerprint density at radius 3 is 1.44 bits per heavy atom. The topological polar surface area (TPSA) is 49.7 Å². The fraction of sp³-hybridized carbons (Fsp3) is 1.00. The van der Waals surface area contributed by atoms with Crippen molar-refractivity contribution >= 4 is 0 Å². The molecule has 1 aliphatic rings. The van der Waals surface area contributed by atoms with Crippen LogP contribution >= 0.6 is 0 Å². The van der Waals surface area contributed by atoms with Gasteiger partial charge in [-0.25, -0.2) is 0 Å². The highest BCUT2D eigenvalue weighted by molar-refractivity contribution is 4.85. The van der Waals surface area contributed by atoms with Crippen LogP contribution in [0.2, 0.25) is 0 Å². The monoisotopic (exact) mass is 132 g/mol. The maximum absolute atomic E-state index is 9.06. The molecule has 0 aromatic rings. The molecule has 1 fully saturated rings. The zero-order valence-corrected chi connectivity index (χ0v) is 5.61. The lowest BCUT2D eigenvalue weighted by molar-refractivity contribution is 0.0281. The van der Waals surface area contributed by atoms with Crippen molar-refractivity contribution in [3.8, 4) is 0 Å². The van der Waals surface area contributed by atoms with Gasteiger partial charge < -0.3 is 14.9 Å². The SMILES string of the molecule is C[C@@H]1O[C@@H](C)[C@@H](O)[C@H]1O. The van der Waals surface area contributed by atoms with Gasteiger partial charge in [-0.2, -0.15) is 0 Å². The van der Waals surface area contributed by atoms with E-state index in [1.54, 1.807) is 13.8 Å². The van der Waals surface area contributed by atoms with Crippen LogP contribution < -0.4 is 0 Å². The molecular formula is C6H12O3. The zero-order chi connectivity index (χ0) is 7.02. The third kappa shape index (κ3) is 1.08. The van der Waals surface area contributed by atoms with Gasteiger partial charge in [0.25, 0.3) is 0 Å². The zero-order valence-electron chi connectivity index (χ0n) is 5.61. The summed E-state index contributed by atoms with van der Waals surface area (Å²) in [4.78, 5) is 0. The van der Waals surface area contributed by atoms with E-state index >= 15 is 0 Å². The molecule has 1 saturated heterocycles. The molecule has 3 heteroatoms. The lowest BCUT2D eigenvalue weighted by Crippen LogP contribution is -2.30. The van der Waals surface area contributed by atoms with E-state index < -0.39 is 12.2 Å². The average molecular weight is 132 g/mol. The van der Waals surface area contributed by atoms with Crippen LogP contribution in [0, 0.1) is 0 Å². The number of rotatable bonds is 0. The van der Waals surface area contributed by atoms with Crippen LogP contribution in [0.5, 0.6) is 0 Å². The van der Waals surface area contributed by atoms with Crippen molar-refractivity contribution in [1.29, 1.82) is 0 Å². The van der Waals surface area contributed by atoms with E-state index in [2.05, 4.69) is 0 Å².